The molecule has 7 nitrogen and oxygen atoms in total. The molecule has 1 fully saturated rings. The number of methoxy groups -OCH3 is 1. The van der Waals surface area contributed by atoms with Crippen molar-refractivity contribution in [3.63, 3.8) is 0 Å². The van der Waals surface area contributed by atoms with Gasteiger partial charge in [-0.15, -0.1) is 5.10 Å². The minimum Gasteiger partial charge on any atom is -0.495 e. The molecule has 1 N–H and O–H groups in total. The molecule has 2 heterocycles. The number of anilines is 4. The second-order valence-electron chi connectivity index (χ2n) is 6.72. The van der Waals surface area contributed by atoms with Gasteiger partial charge in [-0.25, -0.2) is 0 Å². The predicted octanol–water partition coefficient (Wildman–Crippen LogP) is 3.26. The second-order valence-corrected chi connectivity index (χ2v) is 6.72. The Labute approximate surface area is 165 Å². The molecule has 0 saturated carbocycles. The molecule has 1 saturated heterocycles. The van der Waals surface area contributed by atoms with Crippen molar-refractivity contribution in [2.75, 3.05) is 48.4 Å². The lowest BCUT2D eigenvalue weighted by Gasteiger charge is -2.37. The molecule has 0 aliphatic carbocycles. The van der Waals surface area contributed by atoms with Crippen LogP contribution in [0.1, 0.15) is 5.56 Å². The third-order valence-electron chi connectivity index (χ3n) is 4.97. The predicted molar refractivity (Wildman–Crippen MR) is 112 cm³/mol. The first kappa shape index (κ1) is 18.0. The third-order valence-corrected chi connectivity index (χ3v) is 4.97. The summed E-state index contributed by atoms with van der Waals surface area (Å²) in [5, 5.41) is 11.5. The fraction of sp³-hybridized carbons (Fsp3) is 0.286. The van der Waals surface area contributed by atoms with Crippen LogP contribution in [-0.4, -0.2) is 48.5 Å². The van der Waals surface area contributed by atoms with E-state index in [0.717, 1.165) is 54.7 Å². The molecule has 0 atom stereocenters. The lowest BCUT2D eigenvalue weighted by atomic mass is 10.2. The molecule has 0 bridgehead atoms. The fourth-order valence-corrected chi connectivity index (χ4v) is 3.40. The summed E-state index contributed by atoms with van der Waals surface area (Å²) in [6, 6.07) is 16.2. The van der Waals surface area contributed by atoms with Gasteiger partial charge in [-0.1, -0.05) is 30.3 Å². The molecule has 144 valence electrons. The van der Waals surface area contributed by atoms with E-state index in [1.165, 1.54) is 0 Å². The number of aryl methyl sites for hydroxylation is 1. The highest BCUT2D eigenvalue weighted by Gasteiger charge is 2.21. The number of aromatic nitrogens is 3. The summed E-state index contributed by atoms with van der Waals surface area (Å²) in [6.45, 7) is 5.56. The van der Waals surface area contributed by atoms with Crippen molar-refractivity contribution in [1.82, 2.24) is 15.2 Å². The summed E-state index contributed by atoms with van der Waals surface area (Å²) < 4.78 is 5.50. The number of benzene rings is 2. The van der Waals surface area contributed by atoms with E-state index in [0.29, 0.717) is 5.95 Å². The van der Waals surface area contributed by atoms with Crippen LogP contribution in [-0.2, 0) is 0 Å². The molecular weight excluding hydrogens is 352 g/mol. The zero-order valence-corrected chi connectivity index (χ0v) is 16.2. The van der Waals surface area contributed by atoms with Crippen LogP contribution in [0.5, 0.6) is 5.75 Å². The number of nitrogens with one attached hydrogen (secondary N) is 1. The van der Waals surface area contributed by atoms with E-state index in [1.807, 2.05) is 36.4 Å². The van der Waals surface area contributed by atoms with Crippen LogP contribution < -0.4 is 19.9 Å². The molecule has 0 amide bonds. The number of hydrogen-bond donors (Lipinski definition) is 1. The Bertz CT molecular complexity index is 939. The van der Waals surface area contributed by atoms with E-state index < -0.39 is 0 Å². The van der Waals surface area contributed by atoms with Gasteiger partial charge in [-0.3, -0.25) is 0 Å². The minimum absolute atomic E-state index is 0.513. The van der Waals surface area contributed by atoms with Gasteiger partial charge in [-0.05, 0) is 30.7 Å². The van der Waals surface area contributed by atoms with E-state index in [9.17, 15) is 0 Å². The average molecular weight is 376 g/mol. The van der Waals surface area contributed by atoms with Gasteiger partial charge in [0.15, 0.2) is 5.82 Å². The van der Waals surface area contributed by atoms with Crippen LogP contribution >= 0.6 is 0 Å². The maximum Gasteiger partial charge on any atom is 0.249 e. The Kier molecular flexibility index (Phi) is 5.23. The van der Waals surface area contributed by atoms with Crippen LogP contribution in [0.15, 0.2) is 54.7 Å². The monoisotopic (exact) mass is 376 g/mol. The smallest absolute Gasteiger partial charge is 0.249 e. The van der Waals surface area contributed by atoms with Crippen molar-refractivity contribution in [1.29, 1.82) is 0 Å². The first-order valence-electron chi connectivity index (χ1n) is 9.40. The number of hydrogen-bond acceptors (Lipinski definition) is 7. The number of rotatable bonds is 5. The Hall–Kier alpha value is -3.35. The SMILES string of the molecule is COc1ccccc1N1CCN(c2cnnc(Nc3ccccc3C)n2)CC1. The highest BCUT2D eigenvalue weighted by molar-refractivity contribution is 5.60. The van der Waals surface area contributed by atoms with E-state index in [4.69, 9.17) is 4.74 Å². The molecule has 1 aromatic heterocycles. The van der Waals surface area contributed by atoms with Crippen molar-refractivity contribution >= 4 is 23.1 Å². The molecular formula is C21H24N6O. The molecule has 2 aromatic carbocycles. The van der Waals surface area contributed by atoms with Gasteiger partial charge < -0.3 is 19.9 Å². The Balaban J connectivity index is 1.44. The van der Waals surface area contributed by atoms with E-state index in [2.05, 4.69) is 49.4 Å². The molecule has 0 radical (unpaired) electrons. The fourth-order valence-electron chi connectivity index (χ4n) is 3.40. The van der Waals surface area contributed by atoms with Gasteiger partial charge >= 0.3 is 0 Å². The number of nitrogens with zero attached hydrogens (tertiary/aromatic N) is 5. The largest absolute Gasteiger partial charge is 0.495 e. The maximum atomic E-state index is 5.50. The van der Waals surface area contributed by atoms with Crippen LogP contribution in [0.25, 0.3) is 0 Å². The van der Waals surface area contributed by atoms with Gasteiger partial charge in [0.2, 0.25) is 5.95 Å². The van der Waals surface area contributed by atoms with Crippen molar-refractivity contribution in [2.24, 2.45) is 0 Å². The van der Waals surface area contributed by atoms with Gasteiger partial charge in [-0.2, -0.15) is 10.1 Å². The topological polar surface area (TPSA) is 66.4 Å². The highest BCUT2D eigenvalue weighted by atomic mass is 16.5. The quantitative estimate of drug-likeness (QED) is 0.733. The number of piperazine rings is 1. The molecule has 0 unspecified atom stereocenters. The summed E-state index contributed by atoms with van der Waals surface area (Å²) in [7, 11) is 1.71. The molecule has 28 heavy (non-hydrogen) atoms. The van der Waals surface area contributed by atoms with Gasteiger partial charge in [0.25, 0.3) is 0 Å². The van der Waals surface area contributed by atoms with Crippen LogP contribution in [0.4, 0.5) is 23.1 Å². The van der Waals surface area contributed by atoms with Crippen molar-refractivity contribution in [3.8, 4) is 5.75 Å². The Morgan fingerprint density at radius 1 is 0.929 bits per heavy atom. The zero-order valence-electron chi connectivity index (χ0n) is 16.2. The van der Waals surface area contributed by atoms with Crippen molar-refractivity contribution in [2.45, 2.75) is 6.92 Å². The summed E-state index contributed by atoms with van der Waals surface area (Å²) in [5.74, 6) is 2.26. The molecule has 7 heteroatoms. The van der Waals surface area contributed by atoms with E-state index in [1.54, 1.807) is 13.3 Å². The normalized spacial score (nSPS) is 14.1. The van der Waals surface area contributed by atoms with Crippen LogP contribution in [0.3, 0.4) is 0 Å². The molecule has 1 aliphatic rings. The molecule has 1 aliphatic heterocycles. The molecule has 3 aromatic rings. The van der Waals surface area contributed by atoms with Gasteiger partial charge in [0.1, 0.15) is 5.75 Å². The standard InChI is InChI=1S/C21H24N6O/c1-16-7-3-4-8-17(16)23-21-24-20(15-22-25-21)27-13-11-26(12-14-27)18-9-5-6-10-19(18)28-2/h3-10,15H,11-14H2,1-2H3,(H,23,24,25). The summed E-state index contributed by atoms with van der Waals surface area (Å²) >= 11 is 0. The first-order valence-corrected chi connectivity index (χ1v) is 9.40. The van der Waals surface area contributed by atoms with Crippen molar-refractivity contribution in [3.05, 3.63) is 60.3 Å². The van der Waals surface area contributed by atoms with Crippen molar-refractivity contribution < 1.29 is 4.74 Å². The lowest BCUT2D eigenvalue weighted by Crippen LogP contribution is -2.47. The first-order chi connectivity index (χ1) is 13.7. The maximum absolute atomic E-state index is 5.50. The van der Waals surface area contributed by atoms with Gasteiger partial charge in [0.05, 0.1) is 19.0 Å². The van der Waals surface area contributed by atoms with Gasteiger partial charge in [0, 0.05) is 31.9 Å². The third kappa shape index (κ3) is 3.83. The average Bonchev–Trinajstić information content (AvgIpc) is 2.76. The minimum atomic E-state index is 0.513. The molecule has 0 spiro atoms. The highest BCUT2D eigenvalue weighted by Crippen LogP contribution is 2.29. The Morgan fingerprint density at radius 3 is 2.43 bits per heavy atom. The molecule has 4 rings (SSSR count). The summed E-state index contributed by atoms with van der Waals surface area (Å²) in [6.07, 6.45) is 1.72. The van der Waals surface area contributed by atoms with Crippen LogP contribution in [0.2, 0.25) is 0 Å². The summed E-state index contributed by atoms with van der Waals surface area (Å²) in [4.78, 5) is 9.25. The lowest BCUT2D eigenvalue weighted by molar-refractivity contribution is 0.413. The second kappa shape index (κ2) is 8.12. The summed E-state index contributed by atoms with van der Waals surface area (Å²) in [5.41, 5.74) is 3.26. The Morgan fingerprint density at radius 2 is 1.64 bits per heavy atom. The number of ether oxygens (including phenoxy) is 1. The van der Waals surface area contributed by atoms with Crippen LogP contribution in [0, 0.1) is 6.92 Å². The van der Waals surface area contributed by atoms with E-state index in [-0.39, 0.29) is 0 Å². The van der Waals surface area contributed by atoms with E-state index >= 15 is 0 Å². The zero-order chi connectivity index (χ0) is 19.3. The number of para-hydroxylation sites is 3.